The molecule has 1 amide bonds. The Kier molecular flexibility index (Phi) is 4.53. The highest BCUT2D eigenvalue weighted by atomic mass is 32.1. The first kappa shape index (κ1) is 16.2. The molecule has 1 atom stereocenters. The van der Waals surface area contributed by atoms with Gasteiger partial charge in [-0.25, -0.2) is 4.98 Å². The fourth-order valence-electron chi connectivity index (χ4n) is 3.01. The van der Waals surface area contributed by atoms with Crippen LogP contribution in [-0.4, -0.2) is 22.0 Å². The molecule has 2 aromatic heterocycles. The number of rotatable bonds is 4. The summed E-state index contributed by atoms with van der Waals surface area (Å²) < 4.78 is 1.43. The smallest absolute Gasteiger partial charge is 0.262 e. The van der Waals surface area contributed by atoms with Gasteiger partial charge in [-0.2, -0.15) is 0 Å². The van der Waals surface area contributed by atoms with Gasteiger partial charge in [0.15, 0.2) is 0 Å². The molecule has 1 aliphatic rings. The minimum atomic E-state index is -0.139. The maximum atomic E-state index is 12.8. The molecule has 5 nitrogen and oxygen atoms in total. The molecule has 0 bridgehead atoms. The second kappa shape index (κ2) is 6.43. The molecular formula is C17H23N3O2S. The number of fused-ring (bicyclic) bond motifs is 3. The second-order valence-corrected chi connectivity index (χ2v) is 7.99. The van der Waals surface area contributed by atoms with Crippen LogP contribution >= 0.6 is 11.3 Å². The summed E-state index contributed by atoms with van der Waals surface area (Å²) in [5.74, 6) is 0.918. The third kappa shape index (κ3) is 3.32. The number of nitrogens with one attached hydrogen (secondary N) is 1. The summed E-state index contributed by atoms with van der Waals surface area (Å²) >= 11 is 1.63. The molecule has 1 N–H and O–H groups in total. The van der Waals surface area contributed by atoms with E-state index in [9.17, 15) is 9.59 Å². The number of aromatic nitrogens is 2. The zero-order valence-electron chi connectivity index (χ0n) is 13.9. The predicted octanol–water partition coefficient (Wildman–Crippen LogP) is 2.35. The van der Waals surface area contributed by atoms with E-state index >= 15 is 0 Å². The summed E-state index contributed by atoms with van der Waals surface area (Å²) in [7, 11) is 0. The Morgan fingerprint density at radius 1 is 1.52 bits per heavy atom. The van der Waals surface area contributed by atoms with Crippen molar-refractivity contribution in [2.45, 2.75) is 46.6 Å². The largest absolute Gasteiger partial charge is 0.354 e. The number of aryl methyl sites for hydroxylation is 1. The molecule has 0 radical (unpaired) electrons. The van der Waals surface area contributed by atoms with Gasteiger partial charge < -0.3 is 5.32 Å². The molecule has 0 saturated carbocycles. The molecule has 1 aliphatic carbocycles. The Labute approximate surface area is 139 Å². The molecule has 23 heavy (non-hydrogen) atoms. The monoisotopic (exact) mass is 333 g/mol. The van der Waals surface area contributed by atoms with Crippen LogP contribution < -0.4 is 10.9 Å². The van der Waals surface area contributed by atoms with E-state index < -0.39 is 0 Å². The molecule has 0 aliphatic heterocycles. The Hall–Kier alpha value is -1.69. The van der Waals surface area contributed by atoms with Crippen LogP contribution in [0.3, 0.4) is 0 Å². The van der Waals surface area contributed by atoms with Gasteiger partial charge in [0, 0.05) is 11.4 Å². The van der Waals surface area contributed by atoms with Gasteiger partial charge >= 0.3 is 0 Å². The number of hydrogen-bond donors (Lipinski definition) is 1. The zero-order valence-corrected chi connectivity index (χ0v) is 14.7. The highest BCUT2D eigenvalue weighted by molar-refractivity contribution is 7.18. The molecule has 6 heteroatoms. The molecular weight excluding hydrogens is 310 g/mol. The average Bonchev–Trinajstić information content (AvgIpc) is 2.86. The van der Waals surface area contributed by atoms with Crippen LogP contribution in [0.15, 0.2) is 11.1 Å². The van der Waals surface area contributed by atoms with Crippen LogP contribution in [-0.2, 0) is 24.2 Å². The van der Waals surface area contributed by atoms with Gasteiger partial charge in [-0.1, -0.05) is 20.8 Å². The second-order valence-electron chi connectivity index (χ2n) is 6.91. The molecule has 1 unspecified atom stereocenters. The fraction of sp³-hybridized carbons (Fsp3) is 0.588. The summed E-state index contributed by atoms with van der Waals surface area (Å²) in [6, 6.07) is 0. The van der Waals surface area contributed by atoms with Crippen molar-refractivity contribution in [3.8, 4) is 0 Å². The van der Waals surface area contributed by atoms with E-state index in [0.29, 0.717) is 18.4 Å². The number of hydrogen-bond acceptors (Lipinski definition) is 4. The van der Waals surface area contributed by atoms with Crippen molar-refractivity contribution in [3.05, 3.63) is 27.1 Å². The Bertz CT molecular complexity index is 791. The van der Waals surface area contributed by atoms with Crippen LogP contribution in [0.4, 0.5) is 0 Å². The van der Waals surface area contributed by atoms with Crippen LogP contribution in [0.1, 0.15) is 37.6 Å². The van der Waals surface area contributed by atoms with Crippen molar-refractivity contribution in [2.75, 3.05) is 6.54 Å². The highest BCUT2D eigenvalue weighted by Gasteiger charge is 2.23. The summed E-state index contributed by atoms with van der Waals surface area (Å²) in [6.07, 6.45) is 4.59. The van der Waals surface area contributed by atoms with Crippen LogP contribution in [0.25, 0.3) is 10.2 Å². The molecule has 0 aromatic carbocycles. The van der Waals surface area contributed by atoms with E-state index in [0.717, 1.165) is 35.0 Å². The van der Waals surface area contributed by atoms with Crippen molar-refractivity contribution in [2.24, 2.45) is 11.8 Å². The molecule has 0 saturated heterocycles. The van der Waals surface area contributed by atoms with Crippen molar-refractivity contribution < 1.29 is 4.79 Å². The lowest BCUT2D eigenvalue weighted by molar-refractivity contribution is -0.121. The number of thiophene rings is 1. The summed E-state index contributed by atoms with van der Waals surface area (Å²) in [5, 5.41) is 3.58. The normalized spacial score (nSPS) is 17.5. The summed E-state index contributed by atoms with van der Waals surface area (Å²) in [4.78, 5) is 31.3. The molecule has 2 heterocycles. The molecule has 0 fully saturated rings. The minimum Gasteiger partial charge on any atom is -0.354 e. The van der Waals surface area contributed by atoms with Crippen LogP contribution in [0.2, 0.25) is 0 Å². The van der Waals surface area contributed by atoms with Crippen molar-refractivity contribution in [1.29, 1.82) is 0 Å². The first-order chi connectivity index (χ1) is 11.0. The quantitative estimate of drug-likeness (QED) is 0.934. The third-order valence-corrected chi connectivity index (χ3v) is 5.47. The summed E-state index contributed by atoms with van der Waals surface area (Å²) in [6.45, 7) is 6.99. The van der Waals surface area contributed by atoms with E-state index in [4.69, 9.17) is 0 Å². The average molecular weight is 333 g/mol. The molecule has 2 aromatic rings. The van der Waals surface area contributed by atoms with Crippen molar-refractivity contribution in [1.82, 2.24) is 14.9 Å². The van der Waals surface area contributed by atoms with Crippen molar-refractivity contribution in [3.63, 3.8) is 0 Å². The highest BCUT2D eigenvalue weighted by Crippen LogP contribution is 2.35. The van der Waals surface area contributed by atoms with E-state index in [-0.39, 0.29) is 18.0 Å². The van der Waals surface area contributed by atoms with Crippen molar-refractivity contribution >= 4 is 27.5 Å². The first-order valence-electron chi connectivity index (χ1n) is 8.22. The lowest BCUT2D eigenvalue weighted by Gasteiger charge is -2.17. The van der Waals surface area contributed by atoms with E-state index in [2.05, 4.69) is 17.2 Å². The summed E-state index contributed by atoms with van der Waals surface area (Å²) in [5.41, 5.74) is 1.08. The predicted molar refractivity (Wildman–Crippen MR) is 92.9 cm³/mol. The Balaban J connectivity index is 1.90. The number of amides is 1. The van der Waals surface area contributed by atoms with Gasteiger partial charge in [-0.05, 0) is 36.7 Å². The number of nitrogens with zero attached hydrogens (tertiary/aromatic N) is 2. The van der Waals surface area contributed by atoms with Gasteiger partial charge in [-0.15, -0.1) is 11.3 Å². The first-order valence-corrected chi connectivity index (χ1v) is 9.03. The third-order valence-electron chi connectivity index (χ3n) is 4.30. The van der Waals surface area contributed by atoms with Crippen LogP contribution in [0, 0.1) is 11.8 Å². The van der Waals surface area contributed by atoms with E-state index in [1.165, 1.54) is 15.8 Å². The van der Waals surface area contributed by atoms with E-state index in [1.54, 1.807) is 11.3 Å². The molecule has 3 rings (SSSR count). The molecule has 124 valence electrons. The molecule has 0 spiro atoms. The van der Waals surface area contributed by atoms with Gasteiger partial charge in [-0.3, -0.25) is 14.2 Å². The SMILES string of the molecule is CC(C)CNC(=O)Cn1cnc2sc3c(c2c1=O)CCC(C)C3. The maximum Gasteiger partial charge on any atom is 0.262 e. The Morgan fingerprint density at radius 3 is 3.04 bits per heavy atom. The number of carbonyl (C=O) groups is 1. The zero-order chi connectivity index (χ0) is 16.6. The Morgan fingerprint density at radius 2 is 2.30 bits per heavy atom. The topological polar surface area (TPSA) is 64.0 Å². The van der Waals surface area contributed by atoms with E-state index in [1.807, 2.05) is 13.8 Å². The minimum absolute atomic E-state index is 0.0372. The standard InChI is InChI=1S/C17H23N3O2S/c1-10(2)7-18-14(21)8-20-9-19-16-15(17(20)22)12-5-4-11(3)6-13(12)23-16/h9-11H,4-8H2,1-3H3,(H,18,21). The van der Waals surface area contributed by atoms with Crippen LogP contribution in [0.5, 0.6) is 0 Å². The van der Waals surface area contributed by atoms with Gasteiger partial charge in [0.2, 0.25) is 5.91 Å². The lowest BCUT2D eigenvalue weighted by Crippen LogP contribution is -2.34. The number of carbonyl (C=O) groups excluding carboxylic acids is 1. The van der Waals surface area contributed by atoms with Gasteiger partial charge in [0.05, 0.1) is 11.7 Å². The fourth-order valence-corrected chi connectivity index (χ4v) is 4.35. The van der Waals surface area contributed by atoms with Gasteiger partial charge in [0.1, 0.15) is 11.4 Å². The lowest BCUT2D eigenvalue weighted by atomic mass is 9.89. The van der Waals surface area contributed by atoms with Gasteiger partial charge in [0.25, 0.3) is 5.56 Å². The maximum absolute atomic E-state index is 12.8.